The van der Waals surface area contributed by atoms with Gasteiger partial charge in [0.2, 0.25) is 0 Å². The molecule has 1 saturated heterocycles. The van der Waals surface area contributed by atoms with Gasteiger partial charge in [0.05, 0.1) is 11.0 Å². The number of piperidine rings is 1. The Balaban J connectivity index is 2.23. The third-order valence-corrected chi connectivity index (χ3v) is 3.53. The van der Waals surface area contributed by atoms with Crippen molar-refractivity contribution < 1.29 is 9.66 Å². The van der Waals surface area contributed by atoms with Crippen molar-refractivity contribution in [1.29, 1.82) is 0 Å². The third kappa shape index (κ3) is 4.07. The first-order chi connectivity index (χ1) is 9.97. The van der Waals surface area contributed by atoms with Gasteiger partial charge in [-0.2, -0.15) is 0 Å². The van der Waals surface area contributed by atoms with E-state index in [1.165, 1.54) is 0 Å². The SMILES string of the molecule is CC(C)Oc1cccc(NC2CCCN(C)C2)c1[N+](=O)[O-]. The van der Waals surface area contributed by atoms with Crippen LogP contribution in [0.5, 0.6) is 5.75 Å². The summed E-state index contributed by atoms with van der Waals surface area (Å²) in [5.74, 6) is 0.323. The van der Waals surface area contributed by atoms with Crippen LogP contribution < -0.4 is 10.1 Å². The number of nitro groups is 1. The molecule has 2 rings (SSSR count). The lowest BCUT2D eigenvalue weighted by Gasteiger charge is -2.30. The monoisotopic (exact) mass is 293 g/mol. The standard InChI is InChI=1S/C15H23N3O3/c1-11(2)21-14-8-4-7-13(15(14)18(19)20)16-12-6-5-9-17(3)10-12/h4,7-8,11-12,16H,5-6,9-10H2,1-3H3. The highest BCUT2D eigenvalue weighted by atomic mass is 16.6. The lowest BCUT2D eigenvalue weighted by atomic mass is 10.1. The molecule has 0 saturated carbocycles. The molecule has 0 spiro atoms. The van der Waals surface area contributed by atoms with Gasteiger partial charge in [0.1, 0.15) is 5.69 Å². The molecule has 0 amide bonds. The van der Waals surface area contributed by atoms with Crippen LogP contribution in [0.2, 0.25) is 0 Å². The second-order valence-electron chi connectivity index (χ2n) is 5.82. The van der Waals surface area contributed by atoms with E-state index in [0.717, 1.165) is 25.9 Å². The molecule has 21 heavy (non-hydrogen) atoms. The largest absolute Gasteiger partial charge is 0.484 e. The molecule has 0 radical (unpaired) electrons. The van der Waals surface area contributed by atoms with Gasteiger partial charge in [-0.1, -0.05) is 6.07 Å². The number of likely N-dealkylation sites (tertiary alicyclic amines) is 1. The summed E-state index contributed by atoms with van der Waals surface area (Å²) in [5, 5.41) is 14.7. The van der Waals surface area contributed by atoms with E-state index in [1.807, 2.05) is 13.8 Å². The lowest BCUT2D eigenvalue weighted by Crippen LogP contribution is -2.39. The highest BCUT2D eigenvalue weighted by Crippen LogP contribution is 2.36. The molecule has 0 bridgehead atoms. The van der Waals surface area contributed by atoms with E-state index in [-0.39, 0.29) is 22.8 Å². The van der Waals surface area contributed by atoms with Crippen LogP contribution >= 0.6 is 0 Å². The number of ether oxygens (including phenoxy) is 1. The van der Waals surface area contributed by atoms with E-state index in [1.54, 1.807) is 18.2 Å². The number of likely N-dealkylation sites (N-methyl/N-ethyl adjacent to an activating group) is 1. The number of nitrogens with zero attached hydrogens (tertiary/aromatic N) is 2. The van der Waals surface area contributed by atoms with Crippen LogP contribution in [0.15, 0.2) is 18.2 Å². The molecule has 1 heterocycles. The van der Waals surface area contributed by atoms with Gasteiger partial charge in [0.25, 0.3) is 0 Å². The Kier molecular flexibility index (Phi) is 5.01. The highest BCUT2D eigenvalue weighted by Gasteiger charge is 2.25. The molecule has 116 valence electrons. The van der Waals surface area contributed by atoms with Crippen molar-refractivity contribution in [3.8, 4) is 5.75 Å². The Morgan fingerprint density at radius 1 is 1.48 bits per heavy atom. The van der Waals surface area contributed by atoms with Gasteiger partial charge in [0, 0.05) is 12.6 Å². The fourth-order valence-corrected chi connectivity index (χ4v) is 2.68. The first-order valence-corrected chi connectivity index (χ1v) is 7.36. The second kappa shape index (κ2) is 6.76. The molecule has 1 atom stereocenters. The Morgan fingerprint density at radius 3 is 2.86 bits per heavy atom. The molecule has 0 aliphatic carbocycles. The Labute approximate surface area is 125 Å². The zero-order valence-corrected chi connectivity index (χ0v) is 12.8. The van der Waals surface area contributed by atoms with Crippen molar-refractivity contribution in [3.05, 3.63) is 28.3 Å². The molecular weight excluding hydrogens is 270 g/mol. The van der Waals surface area contributed by atoms with E-state index in [2.05, 4.69) is 17.3 Å². The molecule has 1 unspecified atom stereocenters. The molecular formula is C15H23N3O3. The summed E-state index contributed by atoms with van der Waals surface area (Å²) in [6.45, 7) is 5.70. The van der Waals surface area contributed by atoms with Crippen LogP contribution in [0.3, 0.4) is 0 Å². The second-order valence-corrected chi connectivity index (χ2v) is 5.82. The number of rotatable bonds is 5. The van der Waals surface area contributed by atoms with Crippen molar-refractivity contribution in [2.24, 2.45) is 0 Å². The number of para-hydroxylation sites is 1. The van der Waals surface area contributed by atoms with Gasteiger partial charge in [-0.3, -0.25) is 10.1 Å². The third-order valence-electron chi connectivity index (χ3n) is 3.53. The van der Waals surface area contributed by atoms with Gasteiger partial charge in [-0.25, -0.2) is 0 Å². The van der Waals surface area contributed by atoms with E-state index < -0.39 is 0 Å². The van der Waals surface area contributed by atoms with Gasteiger partial charge >= 0.3 is 5.69 Å². The van der Waals surface area contributed by atoms with Crippen molar-refractivity contribution in [3.63, 3.8) is 0 Å². The van der Waals surface area contributed by atoms with E-state index >= 15 is 0 Å². The average Bonchev–Trinajstić information content (AvgIpc) is 2.37. The highest BCUT2D eigenvalue weighted by molar-refractivity contribution is 5.68. The van der Waals surface area contributed by atoms with Crippen LogP contribution in [0, 0.1) is 10.1 Å². The smallest absolute Gasteiger partial charge is 0.333 e. The lowest BCUT2D eigenvalue weighted by molar-refractivity contribution is -0.385. The first kappa shape index (κ1) is 15.6. The van der Waals surface area contributed by atoms with Gasteiger partial charge in [-0.15, -0.1) is 0 Å². The van der Waals surface area contributed by atoms with Gasteiger partial charge in [-0.05, 0) is 52.4 Å². The van der Waals surface area contributed by atoms with Crippen LogP contribution in [-0.4, -0.2) is 42.1 Å². The maximum Gasteiger partial charge on any atom is 0.333 e. The van der Waals surface area contributed by atoms with Crippen molar-refractivity contribution >= 4 is 11.4 Å². The maximum atomic E-state index is 11.4. The Bertz CT molecular complexity index is 505. The van der Waals surface area contributed by atoms with Crippen LogP contribution in [0.4, 0.5) is 11.4 Å². The molecule has 1 N–H and O–H groups in total. The molecule has 0 aromatic heterocycles. The minimum atomic E-state index is -0.368. The fraction of sp³-hybridized carbons (Fsp3) is 0.600. The summed E-state index contributed by atoms with van der Waals surface area (Å²) >= 11 is 0. The summed E-state index contributed by atoms with van der Waals surface area (Å²) < 4.78 is 5.57. The quantitative estimate of drug-likeness (QED) is 0.668. The van der Waals surface area contributed by atoms with Gasteiger partial charge in [0.15, 0.2) is 5.75 Å². The number of nitrogens with one attached hydrogen (secondary N) is 1. The number of hydrogen-bond acceptors (Lipinski definition) is 5. The van der Waals surface area contributed by atoms with Crippen molar-refractivity contribution in [1.82, 2.24) is 4.90 Å². The zero-order chi connectivity index (χ0) is 15.4. The summed E-state index contributed by atoms with van der Waals surface area (Å²) in [6, 6.07) is 5.42. The number of nitro benzene ring substituents is 1. The number of benzene rings is 1. The number of anilines is 1. The van der Waals surface area contributed by atoms with Crippen molar-refractivity contribution in [2.45, 2.75) is 38.8 Å². The Hall–Kier alpha value is -1.82. The first-order valence-electron chi connectivity index (χ1n) is 7.36. The molecule has 1 fully saturated rings. The van der Waals surface area contributed by atoms with Crippen LogP contribution in [0.1, 0.15) is 26.7 Å². The predicted octanol–water partition coefficient (Wildman–Crippen LogP) is 2.89. The maximum absolute atomic E-state index is 11.4. The van der Waals surface area contributed by atoms with Crippen LogP contribution in [-0.2, 0) is 0 Å². The Morgan fingerprint density at radius 2 is 2.24 bits per heavy atom. The summed E-state index contributed by atoms with van der Waals surface area (Å²) in [6.07, 6.45) is 2.03. The van der Waals surface area contributed by atoms with Gasteiger partial charge < -0.3 is 15.0 Å². The molecule has 6 heteroatoms. The van der Waals surface area contributed by atoms with E-state index in [4.69, 9.17) is 4.74 Å². The predicted molar refractivity (Wildman–Crippen MR) is 83.0 cm³/mol. The molecule has 1 aliphatic heterocycles. The van der Waals surface area contributed by atoms with Crippen LogP contribution in [0.25, 0.3) is 0 Å². The zero-order valence-electron chi connectivity index (χ0n) is 12.8. The van der Waals surface area contributed by atoms with Crippen molar-refractivity contribution in [2.75, 3.05) is 25.5 Å². The fourth-order valence-electron chi connectivity index (χ4n) is 2.68. The molecule has 1 aromatic rings. The molecule has 1 aliphatic rings. The summed E-state index contributed by atoms with van der Waals surface area (Å²) in [7, 11) is 2.07. The minimum absolute atomic E-state index is 0.0272. The topological polar surface area (TPSA) is 67.6 Å². The van der Waals surface area contributed by atoms with E-state index in [9.17, 15) is 10.1 Å². The summed E-state index contributed by atoms with van der Waals surface area (Å²) in [4.78, 5) is 13.3. The summed E-state index contributed by atoms with van der Waals surface area (Å²) in [5.41, 5.74) is 0.567. The molecule has 6 nitrogen and oxygen atoms in total. The van der Waals surface area contributed by atoms with E-state index in [0.29, 0.717) is 11.4 Å². The average molecular weight is 293 g/mol. The molecule has 1 aromatic carbocycles. The normalized spacial score (nSPS) is 19.5. The minimum Gasteiger partial charge on any atom is -0.484 e. The number of hydrogen-bond donors (Lipinski definition) is 1.